The van der Waals surface area contributed by atoms with E-state index < -0.39 is 5.60 Å². The summed E-state index contributed by atoms with van der Waals surface area (Å²) in [6.07, 6.45) is 5.99. The summed E-state index contributed by atoms with van der Waals surface area (Å²) in [7, 11) is 2.02. The highest BCUT2D eigenvalue weighted by Crippen LogP contribution is 2.28. The zero-order chi connectivity index (χ0) is 11.3. The van der Waals surface area contributed by atoms with Gasteiger partial charge < -0.3 is 15.1 Å². The van der Waals surface area contributed by atoms with E-state index in [1.807, 2.05) is 14.0 Å². The number of aliphatic hydroxyl groups excluding tert-OH is 1. The van der Waals surface area contributed by atoms with Crippen LogP contribution in [-0.2, 0) is 0 Å². The minimum atomic E-state index is -0.467. The minimum Gasteiger partial charge on any atom is -0.393 e. The summed E-state index contributed by atoms with van der Waals surface area (Å²) in [5, 5.41) is 19.5. The van der Waals surface area contributed by atoms with Gasteiger partial charge in [-0.25, -0.2) is 0 Å². The highest BCUT2D eigenvalue weighted by Gasteiger charge is 2.30. The van der Waals surface area contributed by atoms with E-state index in [9.17, 15) is 10.2 Å². The highest BCUT2D eigenvalue weighted by molar-refractivity contribution is 4.84. The van der Waals surface area contributed by atoms with Crippen LogP contribution >= 0.6 is 0 Å². The summed E-state index contributed by atoms with van der Waals surface area (Å²) in [6.45, 7) is 3.42. The molecule has 0 aromatic heterocycles. The Morgan fingerprint density at radius 1 is 1.27 bits per heavy atom. The standard InChI is InChI=1S/C12H25NO2/c1-11(14)6-9-13(2)10-12(15)7-4-3-5-8-12/h11,14-15H,3-10H2,1-2H3. The lowest BCUT2D eigenvalue weighted by atomic mass is 9.84. The Morgan fingerprint density at radius 3 is 2.40 bits per heavy atom. The average Bonchev–Trinajstić information content (AvgIpc) is 2.15. The first-order chi connectivity index (χ1) is 7.02. The third-order valence-electron chi connectivity index (χ3n) is 3.28. The van der Waals surface area contributed by atoms with Gasteiger partial charge in [0.05, 0.1) is 11.7 Å². The van der Waals surface area contributed by atoms with Crippen molar-refractivity contribution in [3.05, 3.63) is 0 Å². The van der Waals surface area contributed by atoms with Crippen LogP contribution in [0.15, 0.2) is 0 Å². The predicted octanol–water partition coefficient (Wildman–Crippen LogP) is 1.38. The van der Waals surface area contributed by atoms with Crippen LogP contribution in [0.4, 0.5) is 0 Å². The van der Waals surface area contributed by atoms with Crippen molar-refractivity contribution in [3.63, 3.8) is 0 Å². The first-order valence-corrected chi connectivity index (χ1v) is 6.11. The maximum Gasteiger partial charge on any atom is 0.0774 e. The molecule has 0 bridgehead atoms. The van der Waals surface area contributed by atoms with Crippen LogP contribution in [0.3, 0.4) is 0 Å². The third kappa shape index (κ3) is 4.96. The smallest absolute Gasteiger partial charge is 0.0774 e. The quantitative estimate of drug-likeness (QED) is 0.728. The third-order valence-corrected chi connectivity index (χ3v) is 3.28. The van der Waals surface area contributed by atoms with Gasteiger partial charge in [0.1, 0.15) is 0 Å². The second-order valence-electron chi connectivity index (χ2n) is 5.16. The van der Waals surface area contributed by atoms with Crippen molar-refractivity contribution in [1.29, 1.82) is 0 Å². The fourth-order valence-electron chi connectivity index (χ4n) is 2.36. The molecule has 1 saturated carbocycles. The molecule has 90 valence electrons. The van der Waals surface area contributed by atoms with Gasteiger partial charge in [0, 0.05) is 13.1 Å². The molecule has 2 N–H and O–H groups in total. The number of hydrogen-bond donors (Lipinski definition) is 2. The van der Waals surface area contributed by atoms with Crippen LogP contribution in [0.5, 0.6) is 0 Å². The normalized spacial score (nSPS) is 23.0. The second-order valence-corrected chi connectivity index (χ2v) is 5.16. The number of rotatable bonds is 5. The SMILES string of the molecule is CC(O)CCN(C)CC1(O)CCCCC1. The van der Waals surface area contributed by atoms with E-state index in [1.54, 1.807) is 0 Å². The van der Waals surface area contributed by atoms with Crippen LogP contribution in [0.25, 0.3) is 0 Å². The lowest BCUT2D eigenvalue weighted by molar-refractivity contribution is -0.0226. The van der Waals surface area contributed by atoms with E-state index in [-0.39, 0.29) is 6.10 Å². The van der Waals surface area contributed by atoms with Crippen molar-refractivity contribution in [2.24, 2.45) is 0 Å². The Hall–Kier alpha value is -0.120. The van der Waals surface area contributed by atoms with Gasteiger partial charge in [0.2, 0.25) is 0 Å². The molecule has 0 aliphatic heterocycles. The Kier molecular flexibility index (Phi) is 5.03. The largest absolute Gasteiger partial charge is 0.393 e. The fraction of sp³-hybridized carbons (Fsp3) is 1.00. The molecule has 0 heterocycles. The first kappa shape index (κ1) is 12.9. The van der Waals surface area contributed by atoms with Gasteiger partial charge in [-0.1, -0.05) is 19.3 Å². The van der Waals surface area contributed by atoms with Crippen molar-refractivity contribution in [2.45, 2.75) is 57.2 Å². The summed E-state index contributed by atoms with van der Waals surface area (Å²) in [4.78, 5) is 2.14. The Bertz CT molecular complexity index is 176. The molecule has 0 amide bonds. The van der Waals surface area contributed by atoms with Crippen molar-refractivity contribution in [3.8, 4) is 0 Å². The van der Waals surface area contributed by atoms with Crippen LogP contribution in [-0.4, -0.2) is 47.0 Å². The average molecular weight is 215 g/mol. The van der Waals surface area contributed by atoms with Gasteiger partial charge in [-0.2, -0.15) is 0 Å². The van der Waals surface area contributed by atoms with Crippen LogP contribution in [0.2, 0.25) is 0 Å². The van der Waals surface area contributed by atoms with E-state index in [0.717, 1.165) is 45.2 Å². The van der Waals surface area contributed by atoms with E-state index in [2.05, 4.69) is 4.90 Å². The van der Waals surface area contributed by atoms with Crippen molar-refractivity contribution in [2.75, 3.05) is 20.1 Å². The number of aliphatic hydroxyl groups is 2. The molecule has 1 fully saturated rings. The van der Waals surface area contributed by atoms with Crippen molar-refractivity contribution >= 4 is 0 Å². The van der Waals surface area contributed by atoms with Crippen LogP contribution in [0, 0.1) is 0 Å². The number of likely N-dealkylation sites (N-methyl/N-ethyl adjacent to an activating group) is 1. The molecule has 0 aromatic rings. The summed E-state index contributed by atoms with van der Waals surface area (Å²) in [5.41, 5.74) is -0.467. The molecule has 0 spiro atoms. The maximum atomic E-state index is 10.3. The predicted molar refractivity (Wildman–Crippen MR) is 61.8 cm³/mol. The molecule has 0 radical (unpaired) electrons. The second kappa shape index (κ2) is 5.83. The molecule has 0 aromatic carbocycles. The Labute approximate surface area is 93.1 Å². The molecule has 1 aliphatic carbocycles. The van der Waals surface area contributed by atoms with Gasteiger partial charge in [-0.3, -0.25) is 0 Å². The first-order valence-electron chi connectivity index (χ1n) is 6.11. The molecule has 0 saturated heterocycles. The van der Waals surface area contributed by atoms with Gasteiger partial charge >= 0.3 is 0 Å². The molecule has 1 atom stereocenters. The van der Waals surface area contributed by atoms with Gasteiger partial charge in [0.15, 0.2) is 0 Å². The molecule has 1 rings (SSSR count). The summed E-state index contributed by atoms with van der Waals surface area (Å²) in [6, 6.07) is 0. The summed E-state index contributed by atoms with van der Waals surface area (Å²) >= 11 is 0. The van der Waals surface area contributed by atoms with E-state index in [4.69, 9.17) is 0 Å². The minimum absolute atomic E-state index is 0.242. The number of nitrogens with zero attached hydrogens (tertiary/aromatic N) is 1. The molecule has 1 unspecified atom stereocenters. The van der Waals surface area contributed by atoms with Gasteiger partial charge in [0.25, 0.3) is 0 Å². The molecular formula is C12H25NO2. The Balaban J connectivity index is 2.25. The number of hydrogen-bond acceptors (Lipinski definition) is 3. The van der Waals surface area contributed by atoms with E-state index >= 15 is 0 Å². The summed E-state index contributed by atoms with van der Waals surface area (Å²) in [5.74, 6) is 0. The van der Waals surface area contributed by atoms with Crippen LogP contribution < -0.4 is 0 Å². The van der Waals surface area contributed by atoms with Gasteiger partial charge in [-0.15, -0.1) is 0 Å². The molecule has 15 heavy (non-hydrogen) atoms. The highest BCUT2D eigenvalue weighted by atomic mass is 16.3. The van der Waals surface area contributed by atoms with Crippen LogP contribution in [0.1, 0.15) is 45.4 Å². The van der Waals surface area contributed by atoms with Gasteiger partial charge in [-0.05, 0) is 33.2 Å². The van der Waals surface area contributed by atoms with Crippen molar-refractivity contribution < 1.29 is 10.2 Å². The lowest BCUT2D eigenvalue weighted by Crippen LogP contribution is -2.43. The molecular weight excluding hydrogens is 190 g/mol. The fourth-order valence-corrected chi connectivity index (χ4v) is 2.36. The zero-order valence-corrected chi connectivity index (χ0v) is 10.1. The topological polar surface area (TPSA) is 43.7 Å². The summed E-state index contributed by atoms with van der Waals surface area (Å²) < 4.78 is 0. The molecule has 3 nitrogen and oxygen atoms in total. The molecule has 1 aliphatic rings. The monoisotopic (exact) mass is 215 g/mol. The van der Waals surface area contributed by atoms with Crippen molar-refractivity contribution in [1.82, 2.24) is 4.90 Å². The Morgan fingerprint density at radius 2 is 1.87 bits per heavy atom. The van der Waals surface area contributed by atoms with E-state index in [0.29, 0.717) is 0 Å². The maximum absolute atomic E-state index is 10.3. The zero-order valence-electron chi connectivity index (χ0n) is 10.1. The van der Waals surface area contributed by atoms with E-state index in [1.165, 1.54) is 6.42 Å². The molecule has 3 heteroatoms. The lowest BCUT2D eigenvalue weighted by Gasteiger charge is -2.35.